The Morgan fingerprint density at radius 1 is 0.867 bits per heavy atom. The van der Waals surface area contributed by atoms with E-state index in [1.807, 2.05) is 48.5 Å². The molecule has 3 aromatic rings. The second-order valence-electron chi connectivity index (χ2n) is 12.6. The first-order valence-corrected chi connectivity index (χ1v) is 14.7. The molecule has 2 fully saturated rings. The first-order chi connectivity index (χ1) is 20.4. The molecule has 6 nitrogen and oxygen atoms in total. The molecule has 2 unspecified atom stereocenters. The number of carboxylic acid groups (broad SMARTS) is 1. The molecule has 45 heavy (non-hydrogen) atoms. The van der Waals surface area contributed by atoms with Crippen LogP contribution in [-0.2, 0) is 29.4 Å². The molecular weight excluding hydrogens is 628 g/mol. The molecule has 2 aliphatic rings. The van der Waals surface area contributed by atoms with Gasteiger partial charge in [0.05, 0.1) is 5.56 Å². The van der Waals surface area contributed by atoms with Crippen molar-refractivity contribution in [1.29, 1.82) is 0 Å². The van der Waals surface area contributed by atoms with E-state index in [1.54, 1.807) is 0 Å². The molecule has 246 valence electrons. The zero-order chi connectivity index (χ0) is 30.8. The average Bonchev–Trinajstić information content (AvgIpc) is 3.41. The van der Waals surface area contributed by atoms with E-state index in [1.165, 1.54) is 12.1 Å². The maximum atomic E-state index is 12.7. The van der Waals surface area contributed by atoms with Crippen LogP contribution in [0, 0.1) is 11.8 Å². The van der Waals surface area contributed by atoms with Crippen molar-refractivity contribution in [3.05, 3.63) is 95.1 Å². The molecule has 1 aliphatic heterocycles. The van der Waals surface area contributed by atoms with Gasteiger partial charge in [-0.05, 0) is 70.3 Å². The number of carbonyl (C=O) groups is 1. The van der Waals surface area contributed by atoms with Crippen molar-refractivity contribution in [3.63, 3.8) is 0 Å². The number of aliphatic carboxylic acids is 1. The topological polar surface area (TPSA) is 71.0 Å². The largest absolute Gasteiger partial charge is 0.492 e. The first-order valence-electron chi connectivity index (χ1n) is 14.7. The Labute approximate surface area is 275 Å². The number of piperidine rings is 1. The molecule has 1 saturated carbocycles. The molecular formula is C34H41Cl2F3N2O4. The van der Waals surface area contributed by atoms with Gasteiger partial charge in [0.25, 0.3) is 0 Å². The lowest BCUT2D eigenvalue weighted by Crippen LogP contribution is -2.33. The molecule has 11 heteroatoms. The van der Waals surface area contributed by atoms with E-state index in [9.17, 15) is 23.1 Å². The number of ether oxygens (including phenoxy) is 2. The van der Waals surface area contributed by atoms with Crippen molar-refractivity contribution < 1.29 is 32.5 Å². The highest BCUT2D eigenvalue weighted by Crippen LogP contribution is 2.45. The van der Waals surface area contributed by atoms with Crippen LogP contribution in [0.2, 0.25) is 0 Å². The number of rotatable bonds is 12. The minimum absolute atomic E-state index is 0. The van der Waals surface area contributed by atoms with E-state index in [2.05, 4.69) is 31.0 Å². The van der Waals surface area contributed by atoms with Gasteiger partial charge in [-0.2, -0.15) is 13.2 Å². The quantitative estimate of drug-likeness (QED) is 0.216. The van der Waals surface area contributed by atoms with Gasteiger partial charge in [-0.25, -0.2) is 4.79 Å². The highest BCUT2D eigenvalue weighted by Gasteiger charge is 2.55. The fraction of sp³-hybridized carbons (Fsp3) is 0.441. The van der Waals surface area contributed by atoms with Crippen LogP contribution >= 0.6 is 24.8 Å². The number of fused-ring (bicyclic) bond motifs is 1. The summed E-state index contributed by atoms with van der Waals surface area (Å²) in [5.74, 6) is 1.38. The van der Waals surface area contributed by atoms with E-state index in [0.717, 1.165) is 54.2 Å². The van der Waals surface area contributed by atoms with E-state index < -0.39 is 23.8 Å². The Hall–Kier alpha value is -2.98. The normalized spacial score (nSPS) is 19.9. The maximum absolute atomic E-state index is 12.7. The van der Waals surface area contributed by atoms with Crippen LogP contribution in [0.5, 0.6) is 11.5 Å². The number of benzene rings is 3. The van der Waals surface area contributed by atoms with Gasteiger partial charge in [-0.3, -0.25) is 4.90 Å². The maximum Gasteiger partial charge on any atom is 0.416 e. The highest BCUT2D eigenvalue weighted by molar-refractivity contribution is 5.85. The highest BCUT2D eigenvalue weighted by atomic mass is 35.5. The van der Waals surface area contributed by atoms with Gasteiger partial charge in [0, 0.05) is 38.6 Å². The van der Waals surface area contributed by atoms with Crippen molar-refractivity contribution in [3.8, 4) is 11.5 Å². The van der Waals surface area contributed by atoms with Gasteiger partial charge in [0.2, 0.25) is 0 Å². The van der Waals surface area contributed by atoms with E-state index in [-0.39, 0.29) is 36.6 Å². The Morgan fingerprint density at radius 2 is 1.40 bits per heavy atom. The minimum atomic E-state index is -4.31. The number of hydrogen-bond donors (Lipinski definition) is 2. The lowest BCUT2D eigenvalue weighted by Gasteiger charge is -2.20. The fourth-order valence-corrected chi connectivity index (χ4v) is 5.75. The smallest absolute Gasteiger partial charge is 0.416 e. The lowest BCUT2D eigenvalue weighted by atomic mass is 9.87. The van der Waals surface area contributed by atoms with Gasteiger partial charge in [-0.1, -0.05) is 57.2 Å². The number of nitrogens with zero attached hydrogens (tertiary/aromatic N) is 1. The second kappa shape index (κ2) is 15.1. The standard InChI is InChI=1S/C34H39F3N2O4.2ClH/c1-33(2,3)24-10-14-27(15-11-24)43-30(32(40)41)18-22-6-12-26(13-7-22)42-17-16-39-20-28-29(21-39)31(28)38-19-23-4-8-25(9-5-23)34(35,36)37;;/h4-15,28-31,38H,16-21H2,1-3H3,(H,40,41);2*1H/t28-,29?,30-,31?;;/m0../s1. The van der Waals surface area contributed by atoms with Crippen LogP contribution in [0.1, 0.15) is 43.0 Å². The molecule has 0 bridgehead atoms. The number of carboxylic acids is 1. The molecule has 0 amide bonds. The minimum Gasteiger partial charge on any atom is -0.492 e. The molecule has 1 aliphatic carbocycles. The number of alkyl halides is 3. The number of nitrogens with one attached hydrogen (secondary N) is 1. The third kappa shape index (κ3) is 9.75. The zero-order valence-corrected chi connectivity index (χ0v) is 27.2. The summed E-state index contributed by atoms with van der Waals surface area (Å²) in [6.45, 7) is 10.3. The van der Waals surface area contributed by atoms with E-state index in [4.69, 9.17) is 9.47 Å². The fourth-order valence-electron chi connectivity index (χ4n) is 5.75. The summed E-state index contributed by atoms with van der Waals surface area (Å²) in [5, 5.41) is 13.2. The Kier molecular flexibility index (Phi) is 12.2. The zero-order valence-electron chi connectivity index (χ0n) is 25.5. The van der Waals surface area contributed by atoms with Crippen molar-refractivity contribution in [2.75, 3.05) is 26.2 Å². The first kappa shape index (κ1) is 36.5. The molecule has 0 aromatic heterocycles. The van der Waals surface area contributed by atoms with Gasteiger partial charge < -0.3 is 19.9 Å². The van der Waals surface area contributed by atoms with Gasteiger partial charge >= 0.3 is 12.1 Å². The lowest BCUT2D eigenvalue weighted by molar-refractivity contribution is -0.145. The molecule has 2 N–H and O–H groups in total. The van der Waals surface area contributed by atoms with Crippen LogP contribution in [0.3, 0.4) is 0 Å². The summed E-state index contributed by atoms with van der Waals surface area (Å²) >= 11 is 0. The van der Waals surface area contributed by atoms with Crippen molar-refractivity contribution >= 4 is 30.8 Å². The predicted molar refractivity (Wildman–Crippen MR) is 173 cm³/mol. The van der Waals surface area contributed by atoms with Gasteiger partial charge in [0.15, 0.2) is 6.10 Å². The molecule has 0 radical (unpaired) electrons. The molecule has 5 rings (SSSR count). The molecule has 1 heterocycles. The Morgan fingerprint density at radius 3 is 1.93 bits per heavy atom. The van der Waals surface area contributed by atoms with Crippen LogP contribution < -0.4 is 14.8 Å². The number of halogens is 5. The third-order valence-corrected chi connectivity index (χ3v) is 8.39. The van der Waals surface area contributed by atoms with Crippen LogP contribution in [-0.4, -0.2) is 54.4 Å². The summed E-state index contributed by atoms with van der Waals surface area (Å²) in [4.78, 5) is 14.2. The summed E-state index contributed by atoms with van der Waals surface area (Å²) in [6.07, 6.45) is -5.07. The monoisotopic (exact) mass is 668 g/mol. The van der Waals surface area contributed by atoms with Crippen molar-refractivity contribution in [2.24, 2.45) is 11.8 Å². The Bertz CT molecular complexity index is 1370. The van der Waals surface area contributed by atoms with Crippen LogP contribution in [0.15, 0.2) is 72.8 Å². The summed E-state index contributed by atoms with van der Waals surface area (Å²) in [6, 6.07) is 20.8. The number of likely N-dealkylation sites (tertiary alicyclic amines) is 1. The SMILES string of the molecule is CC(C)(C)c1ccc(O[C@@H](Cc2ccc(OCCN3CC4C(NCc5ccc(C(F)(F)F)cc5)[C@H]4C3)cc2)C(=O)O)cc1.Cl.Cl. The van der Waals surface area contributed by atoms with Crippen LogP contribution in [0.4, 0.5) is 13.2 Å². The second-order valence-corrected chi connectivity index (χ2v) is 12.6. The van der Waals surface area contributed by atoms with Gasteiger partial charge in [-0.15, -0.1) is 24.8 Å². The van der Waals surface area contributed by atoms with Gasteiger partial charge in [0.1, 0.15) is 18.1 Å². The van der Waals surface area contributed by atoms with Crippen molar-refractivity contribution in [2.45, 2.75) is 57.5 Å². The Balaban J connectivity index is 0.00000276. The van der Waals surface area contributed by atoms with Crippen LogP contribution in [0.25, 0.3) is 0 Å². The number of hydrogen-bond acceptors (Lipinski definition) is 5. The molecule has 0 spiro atoms. The third-order valence-electron chi connectivity index (χ3n) is 8.39. The molecule has 1 saturated heterocycles. The van der Waals surface area contributed by atoms with Crippen molar-refractivity contribution in [1.82, 2.24) is 10.2 Å². The van der Waals surface area contributed by atoms with E-state index >= 15 is 0 Å². The molecule has 3 aromatic carbocycles. The summed E-state index contributed by atoms with van der Waals surface area (Å²) in [5.41, 5.74) is 2.24. The average molecular weight is 670 g/mol. The predicted octanol–water partition coefficient (Wildman–Crippen LogP) is 7.02. The summed E-state index contributed by atoms with van der Waals surface area (Å²) in [7, 11) is 0. The summed E-state index contributed by atoms with van der Waals surface area (Å²) < 4.78 is 50.0. The molecule has 4 atom stereocenters. The van der Waals surface area contributed by atoms with E-state index in [0.29, 0.717) is 36.8 Å².